The average Bonchev–Trinajstić information content (AvgIpc) is 2.80. The van der Waals surface area contributed by atoms with Crippen LogP contribution in [-0.4, -0.2) is 36.9 Å². The van der Waals surface area contributed by atoms with Crippen LogP contribution in [0.25, 0.3) is 0 Å². The van der Waals surface area contributed by atoms with Gasteiger partial charge in [0.25, 0.3) is 0 Å². The number of hydrogen-bond donors (Lipinski definition) is 1. The van der Waals surface area contributed by atoms with Crippen molar-refractivity contribution in [2.75, 3.05) is 13.1 Å². The summed E-state index contributed by atoms with van der Waals surface area (Å²) in [6.45, 7) is 0.967. The zero-order valence-electron chi connectivity index (χ0n) is 11.8. The molecule has 5 nitrogen and oxygen atoms in total. The lowest BCUT2D eigenvalue weighted by atomic mass is 9.99. The predicted octanol–water partition coefficient (Wildman–Crippen LogP) is 2.70. The highest BCUT2D eigenvalue weighted by Crippen LogP contribution is 2.40. The molecule has 1 saturated heterocycles. The van der Waals surface area contributed by atoms with Gasteiger partial charge in [-0.1, -0.05) is 24.6 Å². The summed E-state index contributed by atoms with van der Waals surface area (Å²) < 4.78 is 65.2. The van der Waals surface area contributed by atoms with Crippen molar-refractivity contribution in [1.29, 1.82) is 0 Å². The summed E-state index contributed by atoms with van der Waals surface area (Å²) in [5.41, 5.74) is -1.36. The highest BCUT2D eigenvalue weighted by atomic mass is 35.5. The molecule has 0 spiro atoms. The van der Waals surface area contributed by atoms with Crippen LogP contribution < -0.4 is 0 Å². The fourth-order valence-corrected chi connectivity index (χ4v) is 4.85. The monoisotopic (exact) mass is 371 g/mol. The van der Waals surface area contributed by atoms with Gasteiger partial charge in [-0.25, -0.2) is 8.42 Å². The Balaban J connectivity index is 2.52. The third kappa shape index (κ3) is 3.31. The smallest absolute Gasteiger partial charge is 0.417 e. The molecule has 2 atom stereocenters. The van der Waals surface area contributed by atoms with E-state index in [4.69, 9.17) is 16.7 Å². The molecule has 1 heterocycles. The van der Waals surface area contributed by atoms with Crippen LogP contribution in [0.4, 0.5) is 13.2 Å². The van der Waals surface area contributed by atoms with Gasteiger partial charge in [0.05, 0.1) is 16.5 Å². The molecule has 128 valence electrons. The molecule has 1 aromatic rings. The molecule has 0 aromatic heterocycles. The van der Waals surface area contributed by atoms with Gasteiger partial charge in [0.15, 0.2) is 0 Å². The third-order valence-corrected chi connectivity index (χ3v) is 6.13. The van der Waals surface area contributed by atoms with Crippen molar-refractivity contribution in [2.45, 2.75) is 18.0 Å². The van der Waals surface area contributed by atoms with E-state index in [-0.39, 0.29) is 13.1 Å². The quantitative estimate of drug-likeness (QED) is 0.886. The Morgan fingerprint density at radius 1 is 1.35 bits per heavy atom. The maximum atomic E-state index is 13.1. The Morgan fingerprint density at radius 2 is 1.96 bits per heavy atom. The number of benzene rings is 1. The Morgan fingerprint density at radius 3 is 2.43 bits per heavy atom. The van der Waals surface area contributed by atoms with Crippen LogP contribution in [0, 0.1) is 11.8 Å². The molecule has 1 aliphatic heterocycles. The predicted molar refractivity (Wildman–Crippen MR) is 75.5 cm³/mol. The van der Waals surface area contributed by atoms with Crippen LogP contribution >= 0.6 is 11.6 Å². The van der Waals surface area contributed by atoms with Crippen molar-refractivity contribution in [2.24, 2.45) is 11.8 Å². The van der Waals surface area contributed by atoms with Crippen molar-refractivity contribution in [3.63, 3.8) is 0 Å². The fraction of sp³-hybridized carbons (Fsp3) is 0.462. The molecule has 0 bridgehead atoms. The number of sulfonamides is 1. The molecule has 0 unspecified atom stereocenters. The molecule has 1 aromatic carbocycles. The molecule has 1 fully saturated rings. The number of carbonyl (C=O) groups is 1. The lowest BCUT2D eigenvalue weighted by Crippen LogP contribution is -2.32. The van der Waals surface area contributed by atoms with E-state index in [0.717, 1.165) is 16.4 Å². The van der Waals surface area contributed by atoms with Gasteiger partial charge in [-0.3, -0.25) is 4.79 Å². The van der Waals surface area contributed by atoms with Crippen LogP contribution in [0.2, 0.25) is 5.02 Å². The zero-order valence-corrected chi connectivity index (χ0v) is 13.4. The minimum Gasteiger partial charge on any atom is -0.481 e. The molecule has 0 saturated carbocycles. The molecular formula is C13H13ClF3NO4S. The van der Waals surface area contributed by atoms with Crippen molar-refractivity contribution >= 4 is 27.6 Å². The standard InChI is InChI=1S/C13H13ClF3NO4S/c1-7-5-18(6-8(7)12(19)20)23(21,22)11-9(13(15,16)17)3-2-4-10(11)14/h2-4,7-8H,5-6H2,1H3,(H,19,20)/t7-,8-/m1/s1. The number of halogens is 4. The fourth-order valence-electron chi connectivity index (χ4n) is 2.56. The van der Waals surface area contributed by atoms with Crippen LogP contribution in [0.1, 0.15) is 12.5 Å². The second kappa shape index (κ2) is 5.95. The van der Waals surface area contributed by atoms with E-state index in [1.54, 1.807) is 0 Å². The first kappa shape index (κ1) is 18.0. The van der Waals surface area contributed by atoms with E-state index < -0.39 is 49.5 Å². The SMILES string of the molecule is C[C@@H]1CN(S(=O)(=O)c2c(Cl)cccc2C(F)(F)F)C[C@H]1C(=O)O. The molecule has 23 heavy (non-hydrogen) atoms. The minimum atomic E-state index is -4.90. The highest BCUT2D eigenvalue weighted by Gasteiger charge is 2.45. The summed E-state index contributed by atoms with van der Waals surface area (Å²) in [5.74, 6) is -2.67. The molecule has 1 N–H and O–H groups in total. The topological polar surface area (TPSA) is 74.7 Å². The van der Waals surface area contributed by atoms with Crippen molar-refractivity contribution in [3.05, 3.63) is 28.8 Å². The average molecular weight is 372 g/mol. The van der Waals surface area contributed by atoms with Crippen molar-refractivity contribution in [1.82, 2.24) is 4.31 Å². The molecule has 2 rings (SSSR count). The maximum Gasteiger partial charge on any atom is 0.417 e. The Labute approximate surface area is 135 Å². The van der Waals surface area contributed by atoms with E-state index in [9.17, 15) is 26.4 Å². The van der Waals surface area contributed by atoms with E-state index >= 15 is 0 Å². The number of aliphatic carboxylic acids is 1. The second-order valence-corrected chi connectivity index (χ2v) is 7.64. The summed E-state index contributed by atoms with van der Waals surface area (Å²) in [4.78, 5) is 10.1. The second-order valence-electron chi connectivity index (χ2n) is 5.36. The van der Waals surface area contributed by atoms with E-state index in [1.807, 2.05) is 0 Å². The number of carboxylic acids is 1. The van der Waals surface area contributed by atoms with E-state index in [1.165, 1.54) is 6.92 Å². The van der Waals surface area contributed by atoms with Gasteiger partial charge < -0.3 is 5.11 Å². The summed E-state index contributed by atoms with van der Waals surface area (Å²) in [7, 11) is -4.56. The van der Waals surface area contributed by atoms with Crippen LogP contribution in [0.5, 0.6) is 0 Å². The molecule has 0 aliphatic carbocycles. The van der Waals surface area contributed by atoms with Gasteiger partial charge in [-0.05, 0) is 18.1 Å². The Hall–Kier alpha value is -1.32. The van der Waals surface area contributed by atoms with Gasteiger partial charge in [0.2, 0.25) is 10.0 Å². The minimum absolute atomic E-state index is 0.179. The summed E-state index contributed by atoms with van der Waals surface area (Å²) in [6, 6.07) is 2.70. The lowest BCUT2D eigenvalue weighted by molar-refractivity contribution is -0.142. The van der Waals surface area contributed by atoms with Gasteiger partial charge in [0, 0.05) is 13.1 Å². The van der Waals surface area contributed by atoms with E-state index in [2.05, 4.69) is 0 Å². The van der Waals surface area contributed by atoms with Crippen LogP contribution in [-0.2, 0) is 21.0 Å². The summed E-state index contributed by atoms with van der Waals surface area (Å²) >= 11 is 5.71. The van der Waals surface area contributed by atoms with Gasteiger partial charge in [-0.15, -0.1) is 0 Å². The zero-order chi connectivity index (χ0) is 17.6. The number of rotatable bonds is 3. The summed E-state index contributed by atoms with van der Waals surface area (Å²) in [5, 5.41) is 8.50. The summed E-state index contributed by atoms with van der Waals surface area (Å²) in [6.07, 6.45) is -4.90. The lowest BCUT2D eigenvalue weighted by Gasteiger charge is -2.20. The van der Waals surface area contributed by atoms with Gasteiger partial charge in [0.1, 0.15) is 4.90 Å². The number of hydrogen-bond acceptors (Lipinski definition) is 3. The third-order valence-electron chi connectivity index (χ3n) is 3.77. The molecule has 0 amide bonds. The first-order valence-corrected chi connectivity index (χ1v) is 8.36. The maximum absolute atomic E-state index is 13.1. The number of nitrogens with zero attached hydrogens (tertiary/aromatic N) is 1. The van der Waals surface area contributed by atoms with Crippen LogP contribution in [0.15, 0.2) is 23.1 Å². The normalized spacial score (nSPS) is 23.2. The molecule has 1 aliphatic rings. The van der Waals surface area contributed by atoms with Gasteiger partial charge in [-0.2, -0.15) is 17.5 Å². The first-order valence-electron chi connectivity index (χ1n) is 6.55. The Bertz CT molecular complexity index is 735. The number of carboxylic acid groups (broad SMARTS) is 1. The van der Waals surface area contributed by atoms with Crippen molar-refractivity contribution in [3.8, 4) is 0 Å². The van der Waals surface area contributed by atoms with Gasteiger partial charge >= 0.3 is 12.1 Å². The largest absolute Gasteiger partial charge is 0.481 e. The number of alkyl halides is 3. The Kier molecular flexibility index (Phi) is 4.67. The van der Waals surface area contributed by atoms with Crippen LogP contribution in [0.3, 0.4) is 0 Å². The molecular weight excluding hydrogens is 359 g/mol. The highest BCUT2D eigenvalue weighted by molar-refractivity contribution is 7.89. The first-order chi connectivity index (χ1) is 10.5. The molecule has 0 radical (unpaired) electrons. The van der Waals surface area contributed by atoms with E-state index in [0.29, 0.717) is 6.07 Å². The molecule has 10 heteroatoms. The van der Waals surface area contributed by atoms with Crippen molar-refractivity contribution < 1.29 is 31.5 Å².